The molecular weight excluding hydrogens is 296 g/mol. The average molecular weight is 305 g/mol. The largest absolute Gasteiger partial charge is 0.306 e. The highest BCUT2D eigenvalue weighted by molar-refractivity contribution is 7.89. The topological polar surface area (TPSA) is 104 Å². The lowest BCUT2D eigenvalue weighted by atomic mass is 10.3. The van der Waals surface area contributed by atoms with Crippen LogP contribution in [0, 0.1) is 33.1 Å². The maximum Gasteiger partial charge on any atom is 0.306 e. The van der Waals surface area contributed by atoms with Gasteiger partial charge in [-0.1, -0.05) is 0 Å². The predicted molar refractivity (Wildman–Crippen MR) is 63.1 cm³/mol. The van der Waals surface area contributed by atoms with Gasteiger partial charge >= 0.3 is 5.69 Å². The second-order valence-corrected chi connectivity index (χ2v) is 5.74. The zero-order valence-corrected chi connectivity index (χ0v) is 11.0. The molecule has 0 bridgehead atoms. The van der Waals surface area contributed by atoms with Crippen LogP contribution in [-0.2, 0) is 10.0 Å². The van der Waals surface area contributed by atoms with Gasteiger partial charge in [0.1, 0.15) is 10.7 Å². The number of hydrogen-bond acceptors (Lipinski definition) is 5. The summed E-state index contributed by atoms with van der Waals surface area (Å²) in [5.41, 5.74) is -1.14. The van der Waals surface area contributed by atoms with Crippen LogP contribution in [-0.4, -0.2) is 31.2 Å². The number of benzene rings is 1. The minimum atomic E-state index is -4.38. The Morgan fingerprint density at radius 2 is 2.00 bits per heavy atom. The second-order valence-electron chi connectivity index (χ2n) is 3.73. The molecule has 1 aromatic carbocycles. The van der Waals surface area contributed by atoms with Crippen LogP contribution in [0.4, 0.5) is 14.5 Å². The van der Waals surface area contributed by atoms with E-state index in [0.717, 1.165) is 7.05 Å². The molecule has 0 aromatic heterocycles. The van der Waals surface area contributed by atoms with Crippen LogP contribution in [0.25, 0.3) is 0 Å². The van der Waals surface area contributed by atoms with Crippen molar-refractivity contribution in [3.05, 3.63) is 33.9 Å². The zero-order chi connectivity index (χ0) is 15.5. The number of nitro groups is 1. The molecule has 0 aliphatic rings. The third-order valence-corrected chi connectivity index (χ3v) is 4.30. The summed E-state index contributed by atoms with van der Waals surface area (Å²) in [6.07, 6.45) is -0.138. The van der Waals surface area contributed by atoms with Crippen molar-refractivity contribution in [1.29, 1.82) is 5.26 Å². The molecule has 0 heterocycles. The molecule has 0 spiro atoms. The summed E-state index contributed by atoms with van der Waals surface area (Å²) in [6.45, 7) is -0.219. The smallest absolute Gasteiger partial charge is 0.258 e. The average Bonchev–Trinajstić information content (AvgIpc) is 2.34. The van der Waals surface area contributed by atoms with Gasteiger partial charge in [0, 0.05) is 32.1 Å². The van der Waals surface area contributed by atoms with Gasteiger partial charge in [0.2, 0.25) is 15.8 Å². The summed E-state index contributed by atoms with van der Waals surface area (Å²) < 4.78 is 51.3. The van der Waals surface area contributed by atoms with Gasteiger partial charge in [-0.3, -0.25) is 10.1 Å². The Morgan fingerprint density at radius 1 is 1.40 bits per heavy atom. The molecule has 7 nitrogen and oxygen atoms in total. The number of nitrogens with zero attached hydrogens (tertiary/aromatic N) is 3. The minimum Gasteiger partial charge on any atom is -0.258 e. The molecule has 0 N–H and O–H groups in total. The SMILES string of the molecule is CN(CCC#N)S(=O)(=O)c1cc([N+](=O)[O-])c(F)cc1F. The number of hydrogen-bond donors (Lipinski definition) is 0. The predicted octanol–water partition coefficient (Wildman–Crippen LogP) is 1.41. The van der Waals surface area contributed by atoms with Crippen molar-refractivity contribution in [3.8, 4) is 6.07 Å². The Morgan fingerprint density at radius 3 is 2.50 bits per heavy atom. The molecule has 0 saturated carbocycles. The number of sulfonamides is 1. The van der Waals surface area contributed by atoms with E-state index in [9.17, 15) is 27.3 Å². The van der Waals surface area contributed by atoms with E-state index in [4.69, 9.17) is 5.26 Å². The summed E-state index contributed by atoms with van der Waals surface area (Å²) in [6, 6.07) is 2.17. The van der Waals surface area contributed by atoms with E-state index in [1.807, 2.05) is 0 Å². The van der Waals surface area contributed by atoms with Crippen molar-refractivity contribution in [2.24, 2.45) is 0 Å². The van der Waals surface area contributed by atoms with Crippen LogP contribution >= 0.6 is 0 Å². The third-order valence-electron chi connectivity index (χ3n) is 2.42. The van der Waals surface area contributed by atoms with Gasteiger partial charge in [0.15, 0.2) is 0 Å². The van der Waals surface area contributed by atoms with Gasteiger partial charge in [-0.25, -0.2) is 12.8 Å². The Labute approximate surface area is 113 Å². The van der Waals surface area contributed by atoms with Crippen molar-refractivity contribution in [2.45, 2.75) is 11.3 Å². The molecule has 0 amide bonds. The summed E-state index contributed by atoms with van der Waals surface area (Å²) >= 11 is 0. The van der Waals surface area contributed by atoms with Gasteiger partial charge in [-0.05, 0) is 0 Å². The standard InChI is InChI=1S/C10H9F2N3O4S/c1-14(4-2-3-13)20(18,19)10-6-9(15(16)17)7(11)5-8(10)12/h5-6H,2,4H2,1H3. The van der Waals surface area contributed by atoms with Crippen LogP contribution in [0.2, 0.25) is 0 Å². The quantitative estimate of drug-likeness (QED) is 0.604. The van der Waals surface area contributed by atoms with Crippen molar-refractivity contribution >= 4 is 15.7 Å². The van der Waals surface area contributed by atoms with E-state index in [0.29, 0.717) is 10.4 Å². The van der Waals surface area contributed by atoms with E-state index in [-0.39, 0.29) is 19.0 Å². The molecule has 0 radical (unpaired) electrons. The van der Waals surface area contributed by atoms with Crippen LogP contribution < -0.4 is 0 Å². The van der Waals surface area contributed by atoms with E-state index >= 15 is 0 Å². The van der Waals surface area contributed by atoms with Crippen molar-refractivity contribution in [2.75, 3.05) is 13.6 Å². The molecule has 108 valence electrons. The van der Waals surface area contributed by atoms with E-state index < -0.39 is 37.2 Å². The number of nitro benzene ring substituents is 1. The van der Waals surface area contributed by atoms with Crippen molar-refractivity contribution in [1.82, 2.24) is 4.31 Å². The van der Waals surface area contributed by atoms with Crippen LogP contribution in [0.15, 0.2) is 17.0 Å². The maximum atomic E-state index is 13.5. The molecule has 0 unspecified atom stereocenters. The summed E-state index contributed by atoms with van der Waals surface area (Å²) in [4.78, 5) is 8.39. The lowest BCUT2D eigenvalue weighted by Gasteiger charge is -2.16. The van der Waals surface area contributed by atoms with Crippen molar-refractivity contribution in [3.63, 3.8) is 0 Å². The van der Waals surface area contributed by atoms with Gasteiger partial charge in [-0.2, -0.15) is 14.0 Å². The van der Waals surface area contributed by atoms with Gasteiger partial charge in [0.25, 0.3) is 0 Å². The number of nitriles is 1. The lowest BCUT2D eigenvalue weighted by Crippen LogP contribution is -2.28. The summed E-state index contributed by atoms with van der Waals surface area (Å²) in [5.74, 6) is -2.90. The molecule has 10 heteroatoms. The molecule has 1 aromatic rings. The molecule has 20 heavy (non-hydrogen) atoms. The Kier molecular flexibility index (Phi) is 4.69. The fourth-order valence-corrected chi connectivity index (χ4v) is 2.58. The summed E-state index contributed by atoms with van der Waals surface area (Å²) in [7, 11) is -3.29. The van der Waals surface area contributed by atoms with Gasteiger partial charge in [0.05, 0.1) is 11.0 Å². The van der Waals surface area contributed by atoms with Gasteiger partial charge in [-0.15, -0.1) is 0 Å². The van der Waals surface area contributed by atoms with E-state index in [1.165, 1.54) is 0 Å². The molecule has 0 saturated heterocycles. The first kappa shape index (κ1) is 15.9. The first-order valence-electron chi connectivity index (χ1n) is 5.18. The van der Waals surface area contributed by atoms with Crippen LogP contribution in [0.3, 0.4) is 0 Å². The monoisotopic (exact) mass is 305 g/mol. The fourth-order valence-electron chi connectivity index (χ4n) is 1.35. The van der Waals surface area contributed by atoms with E-state index in [1.54, 1.807) is 6.07 Å². The highest BCUT2D eigenvalue weighted by Crippen LogP contribution is 2.26. The first-order valence-corrected chi connectivity index (χ1v) is 6.62. The molecule has 1 rings (SSSR count). The van der Waals surface area contributed by atoms with Crippen LogP contribution in [0.5, 0.6) is 0 Å². The number of rotatable bonds is 5. The Balaban J connectivity index is 3.35. The highest BCUT2D eigenvalue weighted by atomic mass is 32.2. The molecule has 0 aliphatic carbocycles. The molecular formula is C10H9F2N3O4S. The Hall–Kier alpha value is -2.12. The number of halogens is 2. The third kappa shape index (κ3) is 3.06. The maximum absolute atomic E-state index is 13.5. The molecule has 0 atom stereocenters. The normalized spacial score (nSPS) is 11.3. The first-order chi connectivity index (χ1) is 9.21. The fraction of sp³-hybridized carbons (Fsp3) is 0.300. The lowest BCUT2D eigenvalue weighted by molar-refractivity contribution is -0.387. The summed E-state index contributed by atoms with van der Waals surface area (Å²) in [5, 5.41) is 18.9. The zero-order valence-electron chi connectivity index (χ0n) is 10.2. The molecule has 0 fully saturated rings. The van der Waals surface area contributed by atoms with E-state index in [2.05, 4.69) is 0 Å². The second kappa shape index (κ2) is 5.89. The van der Waals surface area contributed by atoms with Crippen molar-refractivity contribution < 1.29 is 22.1 Å². The minimum absolute atomic E-state index is 0.138. The van der Waals surface area contributed by atoms with Crippen LogP contribution in [0.1, 0.15) is 6.42 Å². The highest BCUT2D eigenvalue weighted by Gasteiger charge is 2.29. The molecule has 0 aliphatic heterocycles. The Bertz CT molecular complexity index is 684. The van der Waals surface area contributed by atoms with Gasteiger partial charge < -0.3 is 0 Å².